The van der Waals surface area contributed by atoms with Crippen molar-refractivity contribution in [1.29, 1.82) is 0 Å². The Morgan fingerprint density at radius 2 is 1.92 bits per heavy atom. The van der Waals surface area contributed by atoms with Crippen molar-refractivity contribution in [3.8, 4) is 11.3 Å². The first-order chi connectivity index (χ1) is 6.29. The molecule has 2 rings (SSSR count). The highest BCUT2D eigenvalue weighted by atomic mass is 19.1. The average molecular weight is 177 g/mol. The van der Waals surface area contributed by atoms with Crippen molar-refractivity contribution in [2.45, 2.75) is 0 Å². The molecule has 0 unspecified atom stereocenters. The Hall–Kier alpha value is -1.84. The minimum absolute atomic E-state index is 0.0983. The van der Waals surface area contributed by atoms with E-state index in [9.17, 15) is 4.39 Å². The number of anilines is 1. The summed E-state index contributed by atoms with van der Waals surface area (Å²) in [7, 11) is 0. The predicted molar refractivity (Wildman–Crippen MR) is 48.4 cm³/mol. The lowest BCUT2D eigenvalue weighted by Crippen LogP contribution is -1.87. The van der Waals surface area contributed by atoms with Crippen LogP contribution in [-0.4, -0.2) is 10.2 Å². The number of halogens is 1. The van der Waals surface area contributed by atoms with Gasteiger partial charge in [0.1, 0.15) is 5.69 Å². The molecular formula is C9H8FN3. The third-order valence-corrected chi connectivity index (χ3v) is 1.79. The van der Waals surface area contributed by atoms with Crippen molar-refractivity contribution >= 4 is 5.82 Å². The summed E-state index contributed by atoms with van der Waals surface area (Å²) in [5.41, 5.74) is 6.33. The fourth-order valence-corrected chi connectivity index (χ4v) is 1.14. The average Bonchev–Trinajstić information content (AvgIpc) is 2.49. The van der Waals surface area contributed by atoms with E-state index in [1.165, 1.54) is 0 Å². The van der Waals surface area contributed by atoms with Crippen LogP contribution in [0, 0.1) is 5.82 Å². The molecule has 1 aromatic heterocycles. The van der Waals surface area contributed by atoms with Gasteiger partial charge < -0.3 is 5.73 Å². The van der Waals surface area contributed by atoms with Crippen LogP contribution in [0.2, 0.25) is 0 Å². The lowest BCUT2D eigenvalue weighted by Gasteiger charge is -1.95. The number of hydrogen-bond acceptors (Lipinski definition) is 2. The molecule has 0 bridgehead atoms. The molecule has 0 spiro atoms. The number of H-pyrrole nitrogens is 1. The summed E-state index contributed by atoms with van der Waals surface area (Å²) in [6, 6.07) is 9.09. The molecular weight excluding hydrogens is 169 g/mol. The van der Waals surface area contributed by atoms with Crippen molar-refractivity contribution in [3.63, 3.8) is 0 Å². The Kier molecular flexibility index (Phi) is 1.73. The number of rotatable bonds is 1. The summed E-state index contributed by atoms with van der Waals surface area (Å²) < 4.78 is 13.2. The van der Waals surface area contributed by atoms with E-state index in [1.54, 1.807) is 12.1 Å². The van der Waals surface area contributed by atoms with Gasteiger partial charge in [0.05, 0.1) is 0 Å². The Bertz CT molecular complexity index is 408. The van der Waals surface area contributed by atoms with Crippen molar-refractivity contribution < 1.29 is 4.39 Å². The van der Waals surface area contributed by atoms with Gasteiger partial charge in [-0.1, -0.05) is 30.3 Å². The van der Waals surface area contributed by atoms with Crippen LogP contribution >= 0.6 is 0 Å². The second kappa shape index (κ2) is 2.90. The quantitative estimate of drug-likeness (QED) is 0.697. The number of benzene rings is 1. The smallest absolute Gasteiger partial charge is 0.192 e. The highest BCUT2D eigenvalue weighted by Crippen LogP contribution is 2.22. The van der Waals surface area contributed by atoms with E-state index in [0.29, 0.717) is 5.69 Å². The van der Waals surface area contributed by atoms with Crippen LogP contribution in [0.1, 0.15) is 0 Å². The van der Waals surface area contributed by atoms with Gasteiger partial charge in [0.2, 0.25) is 0 Å². The van der Waals surface area contributed by atoms with Crippen molar-refractivity contribution in [3.05, 3.63) is 36.1 Å². The summed E-state index contributed by atoms with van der Waals surface area (Å²) in [6.45, 7) is 0. The minimum atomic E-state index is -0.494. The number of hydrogen-bond donors (Lipinski definition) is 2. The molecule has 0 saturated heterocycles. The van der Waals surface area contributed by atoms with Crippen molar-refractivity contribution in [2.75, 3.05) is 5.73 Å². The van der Waals surface area contributed by atoms with Crippen molar-refractivity contribution in [2.24, 2.45) is 0 Å². The zero-order chi connectivity index (χ0) is 9.26. The highest BCUT2D eigenvalue weighted by molar-refractivity contribution is 5.62. The molecule has 66 valence electrons. The largest absolute Gasteiger partial charge is 0.380 e. The van der Waals surface area contributed by atoms with E-state index >= 15 is 0 Å². The van der Waals surface area contributed by atoms with E-state index in [2.05, 4.69) is 10.2 Å². The summed E-state index contributed by atoms with van der Waals surface area (Å²) in [6.07, 6.45) is 0. The molecule has 0 radical (unpaired) electrons. The van der Waals surface area contributed by atoms with Gasteiger partial charge in [0.25, 0.3) is 0 Å². The molecule has 13 heavy (non-hydrogen) atoms. The third kappa shape index (κ3) is 1.26. The Balaban J connectivity index is 2.53. The zero-order valence-electron chi connectivity index (χ0n) is 6.79. The molecule has 0 atom stereocenters. The van der Waals surface area contributed by atoms with Crippen LogP contribution in [-0.2, 0) is 0 Å². The summed E-state index contributed by atoms with van der Waals surface area (Å²) >= 11 is 0. The number of nitrogens with two attached hydrogens (primary N) is 1. The van der Waals surface area contributed by atoms with Gasteiger partial charge in [-0.05, 0) is 0 Å². The molecule has 0 fully saturated rings. The van der Waals surface area contributed by atoms with Crippen molar-refractivity contribution in [1.82, 2.24) is 10.2 Å². The number of nitrogens with zero attached hydrogens (tertiary/aromatic N) is 1. The predicted octanol–water partition coefficient (Wildman–Crippen LogP) is 1.80. The van der Waals surface area contributed by atoms with Gasteiger partial charge in [0.15, 0.2) is 11.6 Å². The van der Waals surface area contributed by atoms with Crippen LogP contribution in [0.25, 0.3) is 11.3 Å². The first-order valence-electron chi connectivity index (χ1n) is 3.84. The lowest BCUT2D eigenvalue weighted by molar-refractivity contribution is 0.636. The SMILES string of the molecule is Nc1n[nH]c(-c2ccccc2)c1F. The number of aromatic amines is 1. The van der Waals surface area contributed by atoms with E-state index in [0.717, 1.165) is 5.56 Å². The lowest BCUT2D eigenvalue weighted by atomic mass is 10.1. The third-order valence-electron chi connectivity index (χ3n) is 1.79. The van der Waals surface area contributed by atoms with Crippen LogP contribution in [0.4, 0.5) is 10.2 Å². The molecule has 1 aromatic carbocycles. The minimum Gasteiger partial charge on any atom is -0.380 e. The molecule has 3 N–H and O–H groups in total. The van der Waals surface area contributed by atoms with Gasteiger partial charge in [0, 0.05) is 5.56 Å². The molecule has 4 heteroatoms. The first-order valence-corrected chi connectivity index (χ1v) is 3.84. The van der Waals surface area contributed by atoms with Crippen LogP contribution in [0.5, 0.6) is 0 Å². The molecule has 0 aliphatic rings. The second-order valence-electron chi connectivity index (χ2n) is 2.66. The number of nitrogen functional groups attached to an aromatic ring is 1. The molecule has 0 aliphatic heterocycles. The molecule has 0 aliphatic carbocycles. The number of aromatic nitrogens is 2. The highest BCUT2D eigenvalue weighted by Gasteiger charge is 2.10. The Morgan fingerprint density at radius 1 is 1.23 bits per heavy atom. The van der Waals surface area contributed by atoms with E-state index in [1.807, 2.05) is 18.2 Å². The fraction of sp³-hybridized carbons (Fsp3) is 0. The zero-order valence-corrected chi connectivity index (χ0v) is 6.79. The van der Waals surface area contributed by atoms with Crippen LogP contribution in [0.3, 0.4) is 0 Å². The topological polar surface area (TPSA) is 54.7 Å². The standard InChI is InChI=1S/C9H8FN3/c10-7-8(12-13-9(7)11)6-4-2-1-3-5-6/h1-5H,(H3,11,12,13). The Labute approximate surface area is 74.4 Å². The molecule has 2 aromatic rings. The summed E-state index contributed by atoms with van der Waals surface area (Å²) in [5, 5.41) is 6.11. The molecule has 0 amide bonds. The van der Waals surface area contributed by atoms with Crippen LogP contribution in [0.15, 0.2) is 30.3 Å². The molecule has 0 saturated carbocycles. The van der Waals surface area contributed by atoms with Gasteiger partial charge in [-0.3, -0.25) is 5.10 Å². The maximum atomic E-state index is 13.2. The molecule has 1 heterocycles. The fourth-order valence-electron chi connectivity index (χ4n) is 1.14. The van der Waals surface area contributed by atoms with E-state index in [-0.39, 0.29) is 5.82 Å². The second-order valence-corrected chi connectivity index (χ2v) is 2.66. The maximum Gasteiger partial charge on any atom is 0.192 e. The van der Waals surface area contributed by atoms with Gasteiger partial charge in [-0.2, -0.15) is 5.10 Å². The van der Waals surface area contributed by atoms with Gasteiger partial charge in [-0.25, -0.2) is 4.39 Å². The molecule has 3 nitrogen and oxygen atoms in total. The first kappa shape index (κ1) is 7.79. The van der Waals surface area contributed by atoms with Gasteiger partial charge >= 0.3 is 0 Å². The van der Waals surface area contributed by atoms with E-state index in [4.69, 9.17) is 5.73 Å². The summed E-state index contributed by atoms with van der Waals surface area (Å²) in [4.78, 5) is 0. The monoisotopic (exact) mass is 177 g/mol. The van der Waals surface area contributed by atoms with E-state index < -0.39 is 5.82 Å². The number of nitrogens with one attached hydrogen (secondary N) is 1. The van der Waals surface area contributed by atoms with Crippen LogP contribution < -0.4 is 5.73 Å². The van der Waals surface area contributed by atoms with Gasteiger partial charge in [-0.15, -0.1) is 0 Å². The maximum absolute atomic E-state index is 13.2. The normalized spacial score (nSPS) is 10.2. The Morgan fingerprint density at radius 3 is 2.46 bits per heavy atom. The summed E-state index contributed by atoms with van der Waals surface area (Å²) in [5.74, 6) is -0.593.